The monoisotopic (exact) mass is 761 g/mol. The highest BCUT2D eigenvalue weighted by molar-refractivity contribution is 6.31. The molecular formula is C46H64ClNO6. The normalized spacial score (nSPS) is 36.6. The molecule has 7 nitrogen and oxygen atoms in total. The Bertz CT molecular complexity index is 1770. The van der Waals surface area contributed by atoms with Gasteiger partial charge in [-0.3, -0.25) is 19.2 Å². The quantitative estimate of drug-likeness (QED) is 0.192. The first kappa shape index (κ1) is 40.7. The van der Waals surface area contributed by atoms with Crippen LogP contribution in [0, 0.1) is 56.2 Å². The molecule has 9 atom stereocenters. The van der Waals surface area contributed by atoms with Crippen LogP contribution in [0.5, 0.6) is 0 Å². The van der Waals surface area contributed by atoms with Crippen LogP contribution in [0.2, 0.25) is 5.02 Å². The van der Waals surface area contributed by atoms with Crippen molar-refractivity contribution < 1.29 is 29.0 Å². The molecule has 1 aromatic carbocycles. The van der Waals surface area contributed by atoms with Gasteiger partial charge in [-0.1, -0.05) is 84.3 Å². The molecule has 0 spiro atoms. The first-order valence-electron chi connectivity index (χ1n) is 20.5. The minimum Gasteiger partial charge on any atom is -0.481 e. The number of nitrogens with one attached hydrogen (secondary N) is 1. The Morgan fingerprint density at radius 1 is 0.944 bits per heavy atom. The summed E-state index contributed by atoms with van der Waals surface area (Å²) in [6, 6.07) is 7.32. The van der Waals surface area contributed by atoms with Gasteiger partial charge in [0.2, 0.25) is 5.91 Å². The Hall–Kier alpha value is -2.93. The average molecular weight is 762 g/mol. The van der Waals surface area contributed by atoms with Crippen molar-refractivity contribution in [2.45, 2.75) is 146 Å². The molecule has 4 saturated carbocycles. The lowest BCUT2D eigenvalue weighted by Crippen LogP contribution is -2.65. The van der Waals surface area contributed by atoms with Crippen molar-refractivity contribution in [1.82, 2.24) is 5.32 Å². The molecule has 0 saturated heterocycles. The van der Waals surface area contributed by atoms with Gasteiger partial charge in [0.15, 0.2) is 5.78 Å². The number of aliphatic carboxylic acids is 1. The molecule has 0 radical (unpaired) electrons. The summed E-state index contributed by atoms with van der Waals surface area (Å²) in [5.41, 5.74) is 1.39. The second-order valence-electron chi connectivity index (χ2n) is 20.1. The fourth-order valence-electron chi connectivity index (χ4n) is 13.1. The second-order valence-corrected chi connectivity index (χ2v) is 20.5. The number of halogens is 1. The molecule has 5 aliphatic carbocycles. The van der Waals surface area contributed by atoms with E-state index in [1.54, 1.807) is 19.9 Å². The van der Waals surface area contributed by atoms with E-state index in [0.717, 1.165) is 62.5 Å². The van der Waals surface area contributed by atoms with Crippen molar-refractivity contribution in [3.05, 3.63) is 58.1 Å². The van der Waals surface area contributed by atoms with Crippen LogP contribution in [-0.4, -0.2) is 34.8 Å². The number of fused-ring (bicyclic) bond motifs is 7. The van der Waals surface area contributed by atoms with E-state index < -0.39 is 22.8 Å². The molecule has 5 aliphatic rings. The van der Waals surface area contributed by atoms with Gasteiger partial charge >= 0.3 is 11.9 Å². The van der Waals surface area contributed by atoms with Crippen molar-refractivity contribution in [2.24, 2.45) is 56.2 Å². The van der Waals surface area contributed by atoms with Gasteiger partial charge < -0.3 is 15.2 Å². The summed E-state index contributed by atoms with van der Waals surface area (Å²) in [6.45, 7) is 21.5. The molecule has 296 valence electrons. The topological polar surface area (TPSA) is 110 Å². The van der Waals surface area contributed by atoms with Crippen LogP contribution in [0.25, 0.3) is 0 Å². The number of amides is 1. The summed E-state index contributed by atoms with van der Waals surface area (Å²) in [5.74, 6) is -0.151. The summed E-state index contributed by atoms with van der Waals surface area (Å²) in [6.07, 6.45) is 11.6. The lowest BCUT2D eigenvalue weighted by atomic mass is 9.33. The lowest BCUT2D eigenvalue weighted by Gasteiger charge is -2.72. The van der Waals surface area contributed by atoms with Crippen molar-refractivity contribution in [2.75, 3.05) is 0 Å². The number of carbonyl (C=O) groups is 4. The van der Waals surface area contributed by atoms with Crippen LogP contribution in [0.15, 0.2) is 47.6 Å². The molecule has 4 fully saturated rings. The summed E-state index contributed by atoms with van der Waals surface area (Å²) in [5, 5.41) is 13.3. The van der Waals surface area contributed by atoms with E-state index in [4.69, 9.17) is 16.3 Å². The van der Waals surface area contributed by atoms with Crippen molar-refractivity contribution in [3.8, 4) is 0 Å². The molecule has 1 amide bonds. The number of carboxylic acid groups (broad SMARTS) is 1. The highest BCUT2D eigenvalue weighted by Gasteiger charge is 2.70. The fraction of sp³-hybridized carbons (Fsp3) is 0.696. The van der Waals surface area contributed by atoms with Crippen LogP contribution in [0.1, 0.15) is 145 Å². The summed E-state index contributed by atoms with van der Waals surface area (Å²) < 4.78 is 6.16. The summed E-state index contributed by atoms with van der Waals surface area (Å²) in [4.78, 5) is 52.3. The summed E-state index contributed by atoms with van der Waals surface area (Å²) in [7, 11) is 0. The molecule has 8 heteroatoms. The number of carbonyl (C=O) groups excluding carboxylic acids is 3. The standard InChI is InChI=1S/C46H64ClNO6/c1-27(2)38-32(49)25-46(22-19-36(50)48-28(3)29-13-11-12-14-31(29)47)24-23-44(9)30(39(38)46)15-16-34-43(8)20-18-35(54-37(51)26-41(4,5)40(52)53)42(6,7)33(43)17-21-45(34,44)10/h11-14,19,22,27-28,30,33-35H,15-18,20-21,23-26H2,1-10H3,(H,48,50)(H,52,53)/b22-19+/t28-,30-,33+,34-,35+,43+,44-,45-,46?/m1/s1. The van der Waals surface area contributed by atoms with Gasteiger partial charge in [-0.25, -0.2) is 0 Å². The maximum atomic E-state index is 14.0. The molecule has 0 aromatic heterocycles. The Morgan fingerprint density at radius 2 is 1.63 bits per heavy atom. The Labute approximate surface area is 328 Å². The Kier molecular flexibility index (Phi) is 10.5. The smallest absolute Gasteiger partial charge is 0.309 e. The number of esters is 1. The molecular weight excluding hydrogens is 698 g/mol. The number of hydrogen-bond donors (Lipinski definition) is 2. The van der Waals surface area contributed by atoms with E-state index >= 15 is 0 Å². The van der Waals surface area contributed by atoms with E-state index in [1.807, 2.05) is 31.2 Å². The van der Waals surface area contributed by atoms with Crippen molar-refractivity contribution in [3.63, 3.8) is 0 Å². The van der Waals surface area contributed by atoms with Gasteiger partial charge in [-0.2, -0.15) is 0 Å². The van der Waals surface area contributed by atoms with E-state index in [0.29, 0.717) is 23.3 Å². The van der Waals surface area contributed by atoms with Gasteiger partial charge in [0.25, 0.3) is 0 Å². The van der Waals surface area contributed by atoms with Crippen LogP contribution in [0.3, 0.4) is 0 Å². The van der Waals surface area contributed by atoms with E-state index in [9.17, 15) is 24.3 Å². The van der Waals surface area contributed by atoms with E-state index in [-0.39, 0.29) is 63.8 Å². The van der Waals surface area contributed by atoms with Gasteiger partial charge in [-0.15, -0.1) is 0 Å². The molecule has 0 bridgehead atoms. The number of carboxylic acids is 1. The summed E-state index contributed by atoms with van der Waals surface area (Å²) >= 11 is 6.44. The van der Waals surface area contributed by atoms with Crippen LogP contribution in [0.4, 0.5) is 0 Å². The zero-order valence-corrected chi connectivity index (χ0v) is 35.1. The van der Waals surface area contributed by atoms with Crippen molar-refractivity contribution in [1.29, 1.82) is 0 Å². The van der Waals surface area contributed by atoms with Gasteiger partial charge in [0.05, 0.1) is 17.9 Å². The third-order valence-electron chi connectivity index (χ3n) is 16.1. The molecule has 0 aliphatic heterocycles. The van der Waals surface area contributed by atoms with Gasteiger partial charge in [0.1, 0.15) is 6.10 Å². The molecule has 0 heterocycles. The first-order chi connectivity index (χ1) is 25.0. The number of ether oxygens (including phenoxy) is 1. The molecule has 54 heavy (non-hydrogen) atoms. The predicted octanol–water partition coefficient (Wildman–Crippen LogP) is 10.5. The third kappa shape index (κ3) is 6.40. The molecule has 1 aromatic rings. The minimum absolute atomic E-state index is 0.0158. The zero-order valence-electron chi connectivity index (χ0n) is 34.4. The zero-order chi connectivity index (χ0) is 39.8. The third-order valence-corrected chi connectivity index (χ3v) is 16.5. The minimum atomic E-state index is -1.17. The number of benzene rings is 1. The fourth-order valence-corrected chi connectivity index (χ4v) is 13.4. The average Bonchev–Trinajstić information content (AvgIpc) is 3.37. The second kappa shape index (κ2) is 13.9. The maximum absolute atomic E-state index is 14.0. The number of rotatable bonds is 9. The van der Waals surface area contributed by atoms with E-state index in [1.165, 1.54) is 5.57 Å². The number of hydrogen-bond acceptors (Lipinski definition) is 5. The predicted molar refractivity (Wildman–Crippen MR) is 212 cm³/mol. The SMILES string of the molecule is CC(C)C1=C2[C@H]3CC[C@@H]4[C@@]5(C)CC[C@H](OC(=O)CC(C)(C)C(=O)O)C(C)(C)[C@@H]5CC[C@@]4(C)[C@]3(C)CCC2(/C=C/C(=O)N[C@H](C)c2ccccc2Cl)CC1=O. The number of ketones is 1. The van der Waals surface area contributed by atoms with Crippen LogP contribution < -0.4 is 5.32 Å². The molecule has 1 unspecified atom stereocenters. The lowest BCUT2D eigenvalue weighted by molar-refractivity contribution is -0.232. The van der Waals surface area contributed by atoms with Gasteiger partial charge in [-0.05, 0) is 141 Å². The number of Topliss-reactive ketones (excluding diaryl/α,β-unsaturated/α-hetero) is 1. The highest BCUT2D eigenvalue weighted by Crippen LogP contribution is 2.77. The Morgan fingerprint density at radius 3 is 2.28 bits per heavy atom. The highest BCUT2D eigenvalue weighted by atomic mass is 35.5. The van der Waals surface area contributed by atoms with Crippen LogP contribution >= 0.6 is 11.6 Å². The molecule has 2 N–H and O–H groups in total. The number of allylic oxidation sites excluding steroid dienone is 3. The van der Waals surface area contributed by atoms with Crippen LogP contribution in [-0.2, 0) is 23.9 Å². The Balaban J connectivity index is 1.27. The maximum Gasteiger partial charge on any atom is 0.309 e. The first-order valence-corrected chi connectivity index (χ1v) is 20.9. The molecule has 6 rings (SSSR count). The van der Waals surface area contributed by atoms with Crippen molar-refractivity contribution >= 4 is 35.2 Å². The largest absolute Gasteiger partial charge is 0.481 e. The van der Waals surface area contributed by atoms with Gasteiger partial charge in [0, 0.05) is 22.3 Å². The van der Waals surface area contributed by atoms with E-state index in [2.05, 4.69) is 59.9 Å².